The number of nitrogens with zero attached hydrogens (tertiary/aromatic N) is 6. The van der Waals surface area contributed by atoms with Gasteiger partial charge in [0.15, 0.2) is 16.4 Å². The molecule has 8 aromatic rings. The molecule has 65 heavy (non-hydrogen) atoms. The number of sulfone groups is 1. The Labute approximate surface area is 391 Å². The average Bonchev–Trinajstić information content (AvgIpc) is 3.91. The molecule has 21 heteroatoms. The van der Waals surface area contributed by atoms with Gasteiger partial charge in [-0.3, -0.25) is 33.6 Å². The van der Waals surface area contributed by atoms with Crippen LogP contribution in [0.1, 0.15) is 64.7 Å². The van der Waals surface area contributed by atoms with Gasteiger partial charge in [0, 0.05) is 11.1 Å². The maximum Gasteiger partial charge on any atom is 0.277 e. The molecule has 2 amide bonds. The Balaban J connectivity index is 0.000000230. The first kappa shape index (κ1) is 51.4. The van der Waals surface area contributed by atoms with Crippen molar-refractivity contribution in [2.24, 2.45) is 5.73 Å². The first-order chi connectivity index (χ1) is 30.1. The first-order valence-corrected chi connectivity index (χ1v) is 22.6. The fourth-order valence-electron chi connectivity index (χ4n) is 5.80. The maximum atomic E-state index is 13.0. The monoisotopic (exact) mass is 978 g/mol. The Morgan fingerprint density at radius 1 is 0.708 bits per heavy atom. The van der Waals surface area contributed by atoms with Crippen LogP contribution >= 0.6 is 45.9 Å². The molecule has 0 bridgehead atoms. The van der Waals surface area contributed by atoms with E-state index in [0.717, 1.165) is 39.4 Å². The van der Waals surface area contributed by atoms with Crippen molar-refractivity contribution in [1.29, 1.82) is 0 Å². The van der Waals surface area contributed by atoms with E-state index in [1.807, 2.05) is 32.0 Å². The number of carbonyl (C=O) groups excluding carboxylic acids is 2. The van der Waals surface area contributed by atoms with E-state index >= 15 is 0 Å². The molecule has 4 aromatic heterocycles. The maximum absolute atomic E-state index is 13.0. The molecule has 0 unspecified atom stereocenters. The lowest BCUT2D eigenvalue weighted by Gasteiger charge is -2.10. The zero-order valence-electron chi connectivity index (χ0n) is 33.4. The van der Waals surface area contributed by atoms with Crippen LogP contribution in [0.3, 0.4) is 0 Å². The number of nitrogens with two attached hydrogens (primary N) is 1. The molecule has 0 aliphatic heterocycles. The molecular weight excluding hydrogens is 936 g/mol. The number of carbonyl (C=O) groups is 2. The van der Waals surface area contributed by atoms with Gasteiger partial charge in [-0.1, -0.05) is 116 Å². The topological polar surface area (TPSA) is 242 Å². The van der Waals surface area contributed by atoms with Crippen LogP contribution in [0.5, 0.6) is 0 Å². The third-order valence-electron chi connectivity index (χ3n) is 9.16. The van der Waals surface area contributed by atoms with Crippen molar-refractivity contribution in [1.82, 2.24) is 29.1 Å². The van der Waals surface area contributed by atoms with E-state index in [4.69, 9.17) is 39.1 Å². The summed E-state index contributed by atoms with van der Waals surface area (Å²) in [4.78, 5) is 65.2. The van der Waals surface area contributed by atoms with E-state index in [1.165, 1.54) is 28.7 Å². The van der Waals surface area contributed by atoms with Crippen LogP contribution in [0.15, 0.2) is 112 Å². The third-order valence-corrected chi connectivity index (χ3v) is 13.9. The first-order valence-electron chi connectivity index (χ1n) is 18.6. The van der Waals surface area contributed by atoms with Gasteiger partial charge >= 0.3 is 0 Å². The highest BCUT2D eigenvalue weighted by Crippen LogP contribution is 2.28. The number of primary amides is 1. The average molecular weight is 980 g/mol. The summed E-state index contributed by atoms with van der Waals surface area (Å²) >= 11 is 14.4. The van der Waals surface area contributed by atoms with Gasteiger partial charge in [-0.15, -0.1) is 0 Å². The molecule has 5 N–H and O–H groups in total. The summed E-state index contributed by atoms with van der Waals surface area (Å²) in [6.07, 6.45) is 2.71. The largest absolute Gasteiger partial charge is 0.392 e. The summed E-state index contributed by atoms with van der Waals surface area (Å²) < 4.78 is 27.0. The highest BCUT2D eigenvalue weighted by atomic mass is 35.5. The molecule has 16 nitrogen and oxygen atoms in total. The van der Waals surface area contributed by atoms with Crippen molar-refractivity contribution in [3.8, 4) is 11.4 Å². The molecule has 0 spiro atoms. The van der Waals surface area contributed by atoms with Crippen molar-refractivity contribution in [2.45, 2.75) is 53.2 Å². The van der Waals surface area contributed by atoms with Gasteiger partial charge in [-0.2, -0.15) is 4.98 Å². The smallest absolute Gasteiger partial charge is 0.277 e. The fourth-order valence-corrected chi connectivity index (χ4v) is 9.53. The number of anilines is 1. The van der Waals surface area contributed by atoms with Gasteiger partial charge in [0.1, 0.15) is 22.1 Å². The number of aliphatic hydroxyl groups excluding tert-OH is 2. The molecule has 0 aliphatic rings. The number of hydrogen-bond donors (Lipinski definition) is 4. The van der Waals surface area contributed by atoms with Gasteiger partial charge in [0.25, 0.3) is 17.0 Å². The van der Waals surface area contributed by atoms with Gasteiger partial charge in [-0.25, -0.2) is 23.4 Å². The number of aromatic nitrogens is 6. The number of para-hydroxylation sites is 2. The summed E-state index contributed by atoms with van der Waals surface area (Å²) in [6, 6.07) is 23.7. The standard InChI is InChI=1S/C20H15ClN4O3S.C14H12ClN3O3S2.C8H9NO2.2CH4/c1-11-3-2-4-14(21)15(11)25-10-22-17-16(19(25)28)29-20(23-17)24-18(27)13-7-5-12(9-26)6-8-13;1-3-23(20,21)14-17-12-11(22-14)13(19)18(7-16-12)10-8(2)5-4-6-9(10)15;9-8(11)7-3-1-6(5-10)2-4-7;;/h2-8,10,26H,9H2,1H3,(H,23,24,27);4-7H,3H2,1-2H3;1-4,10H,5H2,(H2,9,11);2*1H4. The number of hydrogen-bond acceptors (Lipinski definition) is 14. The lowest BCUT2D eigenvalue weighted by molar-refractivity contribution is 0.0997. The number of halogens is 2. The summed E-state index contributed by atoms with van der Waals surface area (Å²) in [5.74, 6) is -0.893. The minimum absolute atomic E-state index is 0. The zero-order valence-corrected chi connectivity index (χ0v) is 37.4. The number of nitrogens with one attached hydrogen (secondary N) is 1. The number of benzene rings is 4. The Hall–Kier alpha value is -6.19. The molecule has 4 aromatic carbocycles. The van der Waals surface area contributed by atoms with E-state index in [0.29, 0.717) is 42.8 Å². The lowest BCUT2D eigenvalue weighted by Crippen LogP contribution is -2.19. The van der Waals surface area contributed by atoms with E-state index in [2.05, 4.69) is 25.3 Å². The molecule has 340 valence electrons. The van der Waals surface area contributed by atoms with Crippen molar-refractivity contribution in [3.05, 3.63) is 162 Å². The van der Waals surface area contributed by atoms with E-state index < -0.39 is 15.7 Å². The number of rotatable bonds is 9. The van der Waals surface area contributed by atoms with Crippen LogP contribution in [0, 0.1) is 13.8 Å². The van der Waals surface area contributed by atoms with Crippen LogP contribution in [0.4, 0.5) is 5.13 Å². The molecule has 0 fully saturated rings. The van der Waals surface area contributed by atoms with E-state index in [1.54, 1.807) is 66.7 Å². The van der Waals surface area contributed by atoms with Crippen LogP contribution in [0.25, 0.3) is 32.1 Å². The molecule has 8 rings (SSSR count). The second kappa shape index (κ2) is 22.1. The minimum Gasteiger partial charge on any atom is -0.392 e. The summed E-state index contributed by atoms with van der Waals surface area (Å²) in [5, 5.41) is 21.6. The van der Waals surface area contributed by atoms with Gasteiger partial charge in [0.05, 0.1) is 40.4 Å². The second-order valence-corrected chi connectivity index (χ2v) is 18.7. The third kappa shape index (κ3) is 11.6. The Bertz CT molecular complexity index is 3190. The normalized spacial score (nSPS) is 10.8. The molecule has 0 saturated carbocycles. The van der Waals surface area contributed by atoms with Crippen LogP contribution < -0.4 is 22.2 Å². The van der Waals surface area contributed by atoms with Crippen LogP contribution in [-0.4, -0.2) is 65.3 Å². The highest BCUT2D eigenvalue weighted by molar-refractivity contribution is 7.93. The molecule has 0 saturated heterocycles. The van der Waals surface area contributed by atoms with Crippen molar-refractivity contribution < 1.29 is 28.2 Å². The van der Waals surface area contributed by atoms with E-state index in [-0.39, 0.29) is 76.3 Å². The van der Waals surface area contributed by atoms with Crippen LogP contribution in [-0.2, 0) is 23.1 Å². The molecule has 0 atom stereocenters. The Kier molecular flexibility index (Phi) is 17.5. The van der Waals surface area contributed by atoms with E-state index in [9.17, 15) is 27.6 Å². The summed E-state index contributed by atoms with van der Waals surface area (Å²) in [5.41, 5.74) is 9.80. The number of fused-ring (bicyclic) bond motifs is 2. The molecule has 4 heterocycles. The van der Waals surface area contributed by atoms with Crippen molar-refractivity contribution in [3.63, 3.8) is 0 Å². The second-order valence-electron chi connectivity index (χ2n) is 13.4. The van der Waals surface area contributed by atoms with Gasteiger partial charge < -0.3 is 15.9 Å². The predicted molar refractivity (Wildman–Crippen MR) is 258 cm³/mol. The van der Waals surface area contributed by atoms with Crippen molar-refractivity contribution in [2.75, 3.05) is 11.1 Å². The van der Waals surface area contributed by atoms with Gasteiger partial charge in [0.2, 0.25) is 20.1 Å². The Morgan fingerprint density at radius 2 is 1.15 bits per heavy atom. The summed E-state index contributed by atoms with van der Waals surface area (Å²) in [6.45, 7) is 5.11. The number of aryl methyl sites for hydroxylation is 2. The molecule has 0 radical (unpaired) electrons. The SMILES string of the molecule is C.C.CCS(=O)(=O)c1nc2ncn(-c3c(C)cccc3Cl)c(=O)c2s1.Cc1cccc(Cl)c1-n1cnc2nc(NC(=O)c3ccc(CO)cc3)sc2c1=O.NC(=O)c1ccc(CO)cc1. The number of thiazole rings is 2. The molecule has 0 aliphatic carbocycles. The zero-order chi connectivity index (χ0) is 45.6. The van der Waals surface area contributed by atoms with Crippen molar-refractivity contribution >= 4 is 93.4 Å². The van der Waals surface area contributed by atoms with Crippen LogP contribution in [0.2, 0.25) is 10.0 Å². The predicted octanol–water partition coefficient (Wildman–Crippen LogP) is 7.70. The number of amides is 2. The number of aliphatic hydroxyl groups is 2. The molecular formula is C44H44Cl2N8O8S3. The van der Waals surface area contributed by atoms with Gasteiger partial charge in [-0.05, 0) is 72.5 Å². The minimum atomic E-state index is -3.48. The highest BCUT2D eigenvalue weighted by Gasteiger charge is 2.21. The Morgan fingerprint density at radius 3 is 1.58 bits per heavy atom. The summed E-state index contributed by atoms with van der Waals surface area (Å²) in [7, 11) is -3.48. The lowest BCUT2D eigenvalue weighted by atomic mass is 10.1. The fraction of sp³-hybridized carbons (Fsp3) is 0.182. The quantitative estimate of drug-likeness (QED) is 0.109.